The fraction of sp³-hybridized carbons (Fsp3) is 0.909. The molecule has 0 saturated carbocycles. The van der Waals surface area contributed by atoms with Crippen LogP contribution in [-0.4, -0.2) is 23.3 Å². The molecule has 1 aliphatic rings. The smallest absolute Gasteiger partial charge is 0.0986 e. The van der Waals surface area contributed by atoms with Crippen molar-refractivity contribution < 1.29 is 0 Å². The molecule has 1 atom stereocenters. The molecule has 0 aliphatic carbocycles. The third kappa shape index (κ3) is 2.71. The lowest BCUT2D eigenvalue weighted by Gasteiger charge is -2.31. The zero-order valence-corrected chi connectivity index (χ0v) is 9.14. The highest BCUT2D eigenvalue weighted by Crippen LogP contribution is 2.18. The molecular weight excluding hydrogens is 160 g/mol. The monoisotopic (exact) mass is 182 g/mol. The predicted molar refractivity (Wildman–Crippen MR) is 57.2 cm³/mol. The zero-order valence-electron chi connectivity index (χ0n) is 9.14. The normalized spacial score (nSPS) is 24.6. The first-order valence-electron chi connectivity index (χ1n) is 5.48. The van der Waals surface area contributed by atoms with Gasteiger partial charge in [0.15, 0.2) is 0 Å². The highest BCUT2D eigenvalue weighted by Gasteiger charge is 2.20. The van der Waals surface area contributed by atoms with Gasteiger partial charge < -0.3 is 4.90 Å². The predicted octanol–water partition coefficient (Wildman–Crippen LogP) is 2.88. The summed E-state index contributed by atoms with van der Waals surface area (Å²) in [6.45, 7) is 7.57. The minimum Gasteiger partial charge on any atom is -0.358 e. The fourth-order valence-corrected chi connectivity index (χ4v) is 1.96. The lowest BCUT2D eigenvalue weighted by Crippen LogP contribution is -2.40. The zero-order chi connectivity index (χ0) is 9.84. The molecule has 2 nitrogen and oxygen atoms in total. The third-order valence-corrected chi connectivity index (χ3v) is 2.91. The molecule has 2 heteroatoms. The van der Waals surface area contributed by atoms with Crippen LogP contribution in [0.3, 0.4) is 0 Å². The molecule has 1 heterocycles. The number of amidine groups is 1. The summed E-state index contributed by atoms with van der Waals surface area (Å²) in [6, 6.07) is 0.581. The van der Waals surface area contributed by atoms with Crippen LogP contribution in [0.5, 0.6) is 0 Å². The van der Waals surface area contributed by atoms with Crippen molar-refractivity contribution in [3.05, 3.63) is 0 Å². The lowest BCUT2D eigenvalue weighted by molar-refractivity contribution is 0.320. The van der Waals surface area contributed by atoms with Gasteiger partial charge in [-0.05, 0) is 19.8 Å². The van der Waals surface area contributed by atoms with Crippen molar-refractivity contribution in [3.63, 3.8) is 0 Å². The quantitative estimate of drug-likeness (QED) is 0.490. The maximum absolute atomic E-state index is 7.99. The van der Waals surface area contributed by atoms with Crippen LogP contribution in [0.4, 0.5) is 0 Å². The Bertz CT molecular complexity index is 175. The van der Waals surface area contributed by atoms with Gasteiger partial charge in [-0.1, -0.05) is 26.7 Å². The minimum atomic E-state index is 0.376. The summed E-state index contributed by atoms with van der Waals surface area (Å²) in [5.41, 5.74) is 0. The van der Waals surface area contributed by atoms with Gasteiger partial charge in [0.25, 0.3) is 0 Å². The first-order valence-corrected chi connectivity index (χ1v) is 5.48. The van der Waals surface area contributed by atoms with Crippen molar-refractivity contribution in [3.8, 4) is 0 Å². The molecule has 0 spiro atoms. The summed E-state index contributed by atoms with van der Waals surface area (Å²) in [5, 5.41) is 7.99. The van der Waals surface area contributed by atoms with Gasteiger partial charge in [0.1, 0.15) is 0 Å². The average Bonchev–Trinajstić information content (AvgIpc) is 2.28. The van der Waals surface area contributed by atoms with Crippen molar-refractivity contribution in [2.45, 2.75) is 52.5 Å². The Labute approximate surface area is 81.8 Å². The molecule has 1 N–H and O–H groups in total. The van der Waals surface area contributed by atoms with Gasteiger partial charge in [0, 0.05) is 18.5 Å². The Morgan fingerprint density at radius 3 is 2.62 bits per heavy atom. The SMILES string of the molecule is CC(C)C(=N)N1CCCCCC1C. The van der Waals surface area contributed by atoms with Gasteiger partial charge >= 0.3 is 0 Å². The van der Waals surface area contributed by atoms with Gasteiger partial charge in [0.05, 0.1) is 5.84 Å². The van der Waals surface area contributed by atoms with E-state index in [9.17, 15) is 0 Å². The summed E-state index contributed by atoms with van der Waals surface area (Å²) in [5.74, 6) is 1.20. The summed E-state index contributed by atoms with van der Waals surface area (Å²) in [6.07, 6.45) is 5.20. The van der Waals surface area contributed by atoms with E-state index >= 15 is 0 Å². The Morgan fingerprint density at radius 1 is 1.31 bits per heavy atom. The van der Waals surface area contributed by atoms with E-state index in [-0.39, 0.29) is 0 Å². The van der Waals surface area contributed by atoms with E-state index in [0.717, 1.165) is 12.4 Å². The molecule has 1 unspecified atom stereocenters. The van der Waals surface area contributed by atoms with E-state index in [4.69, 9.17) is 5.41 Å². The number of likely N-dealkylation sites (tertiary alicyclic amines) is 1. The van der Waals surface area contributed by atoms with Crippen LogP contribution in [-0.2, 0) is 0 Å². The van der Waals surface area contributed by atoms with Gasteiger partial charge in [-0.3, -0.25) is 5.41 Å². The van der Waals surface area contributed by atoms with Crippen molar-refractivity contribution >= 4 is 5.84 Å². The van der Waals surface area contributed by atoms with E-state index in [1.807, 2.05) is 0 Å². The summed E-state index contributed by atoms with van der Waals surface area (Å²) >= 11 is 0. The van der Waals surface area contributed by atoms with Crippen molar-refractivity contribution in [2.24, 2.45) is 5.92 Å². The van der Waals surface area contributed by atoms with Crippen LogP contribution in [0.25, 0.3) is 0 Å². The van der Waals surface area contributed by atoms with E-state index in [1.165, 1.54) is 25.7 Å². The second kappa shape index (κ2) is 4.64. The maximum Gasteiger partial charge on any atom is 0.0986 e. The van der Waals surface area contributed by atoms with E-state index in [0.29, 0.717) is 12.0 Å². The molecule has 1 fully saturated rings. The van der Waals surface area contributed by atoms with Gasteiger partial charge in [-0.2, -0.15) is 0 Å². The van der Waals surface area contributed by atoms with E-state index in [1.54, 1.807) is 0 Å². The number of nitrogens with one attached hydrogen (secondary N) is 1. The van der Waals surface area contributed by atoms with Crippen molar-refractivity contribution in [2.75, 3.05) is 6.54 Å². The molecule has 76 valence electrons. The van der Waals surface area contributed by atoms with Crippen LogP contribution < -0.4 is 0 Å². The van der Waals surface area contributed by atoms with Crippen LogP contribution >= 0.6 is 0 Å². The van der Waals surface area contributed by atoms with Crippen LogP contribution in [0.1, 0.15) is 46.5 Å². The summed E-state index contributed by atoms with van der Waals surface area (Å²) in [4.78, 5) is 2.29. The molecule has 0 bridgehead atoms. The molecule has 0 amide bonds. The molecule has 0 aromatic heterocycles. The summed E-state index contributed by atoms with van der Waals surface area (Å²) in [7, 11) is 0. The second-order valence-corrected chi connectivity index (χ2v) is 4.43. The third-order valence-electron chi connectivity index (χ3n) is 2.91. The molecule has 1 saturated heterocycles. The standard InChI is InChI=1S/C11H22N2/c1-9(2)11(12)13-8-6-4-5-7-10(13)3/h9-10,12H,4-8H2,1-3H3. The second-order valence-electron chi connectivity index (χ2n) is 4.43. The van der Waals surface area contributed by atoms with Gasteiger partial charge in [0.2, 0.25) is 0 Å². The molecule has 13 heavy (non-hydrogen) atoms. The highest BCUT2D eigenvalue weighted by atomic mass is 15.2. The molecule has 1 aliphatic heterocycles. The van der Waals surface area contributed by atoms with Crippen LogP contribution in [0.2, 0.25) is 0 Å². The highest BCUT2D eigenvalue weighted by molar-refractivity contribution is 5.81. The Morgan fingerprint density at radius 2 is 2.00 bits per heavy atom. The number of hydrogen-bond acceptors (Lipinski definition) is 1. The molecule has 0 radical (unpaired) electrons. The van der Waals surface area contributed by atoms with E-state index in [2.05, 4.69) is 25.7 Å². The fourth-order valence-electron chi connectivity index (χ4n) is 1.96. The first kappa shape index (κ1) is 10.6. The Hall–Kier alpha value is -0.530. The maximum atomic E-state index is 7.99. The minimum absolute atomic E-state index is 0.376. The Kier molecular flexibility index (Phi) is 3.76. The lowest BCUT2D eigenvalue weighted by atomic mass is 10.1. The molecular formula is C11H22N2. The molecule has 0 aromatic carbocycles. The molecule has 1 rings (SSSR count). The first-order chi connectivity index (χ1) is 6.13. The van der Waals surface area contributed by atoms with Crippen LogP contribution in [0, 0.1) is 11.3 Å². The average molecular weight is 182 g/mol. The van der Waals surface area contributed by atoms with Gasteiger partial charge in [-0.15, -0.1) is 0 Å². The molecule has 0 aromatic rings. The van der Waals surface area contributed by atoms with Gasteiger partial charge in [-0.25, -0.2) is 0 Å². The van der Waals surface area contributed by atoms with Crippen LogP contribution in [0.15, 0.2) is 0 Å². The number of nitrogens with zero attached hydrogens (tertiary/aromatic N) is 1. The van der Waals surface area contributed by atoms with E-state index < -0.39 is 0 Å². The Balaban J connectivity index is 2.58. The number of rotatable bonds is 1. The number of hydrogen-bond donors (Lipinski definition) is 1. The summed E-state index contributed by atoms with van der Waals surface area (Å²) < 4.78 is 0. The van der Waals surface area contributed by atoms with Crippen molar-refractivity contribution in [1.82, 2.24) is 4.90 Å². The largest absolute Gasteiger partial charge is 0.358 e. The topological polar surface area (TPSA) is 27.1 Å². The van der Waals surface area contributed by atoms with Crippen molar-refractivity contribution in [1.29, 1.82) is 5.41 Å².